The highest BCUT2D eigenvalue weighted by Gasteiger charge is 2.22. The Kier molecular flexibility index (Phi) is 4.26. The number of phenolic OH excluding ortho intramolecular Hbond substituents is 1. The van der Waals surface area contributed by atoms with E-state index in [9.17, 15) is 14.7 Å². The number of aliphatic carboxylic acids is 1. The van der Waals surface area contributed by atoms with Gasteiger partial charge in [0.15, 0.2) is 5.69 Å². The molecule has 1 heterocycles. The van der Waals surface area contributed by atoms with E-state index in [-0.39, 0.29) is 17.9 Å². The van der Waals surface area contributed by atoms with Crippen molar-refractivity contribution in [1.29, 1.82) is 0 Å². The minimum absolute atomic E-state index is 0.0898. The monoisotopic (exact) mass is 293 g/mol. The molecular weight excluding hydrogens is 282 g/mol. The topological polar surface area (TPSA) is 112 Å². The highest BCUT2D eigenvalue weighted by atomic mass is 32.1. The lowest BCUT2D eigenvalue weighted by Crippen LogP contribution is -2.42. The van der Waals surface area contributed by atoms with Crippen molar-refractivity contribution in [1.82, 2.24) is 14.1 Å². The van der Waals surface area contributed by atoms with Crippen LogP contribution in [0.2, 0.25) is 0 Å². The van der Waals surface area contributed by atoms with Crippen molar-refractivity contribution < 1.29 is 19.8 Å². The molecule has 0 aliphatic rings. The summed E-state index contributed by atoms with van der Waals surface area (Å²) in [5, 5.41) is 20.7. The lowest BCUT2D eigenvalue weighted by atomic mass is 10.1. The molecule has 3 N–H and O–H groups in total. The Hall–Kier alpha value is -2.48. The summed E-state index contributed by atoms with van der Waals surface area (Å²) in [6.45, 7) is 0. The summed E-state index contributed by atoms with van der Waals surface area (Å²) >= 11 is 0.873. The lowest BCUT2D eigenvalue weighted by Gasteiger charge is -2.13. The van der Waals surface area contributed by atoms with Gasteiger partial charge in [-0.25, -0.2) is 4.79 Å². The molecule has 2 aromatic rings. The van der Waals surface area contributed by atoms with Crippen molar-refractivity contribution in [2.45, 2.75) is 12.5 Å². The normalized spacial score (nSPS) is 11.8. The van der Waals surface area contributed by atoms with Crippen molar-refractivity contribution >= 4 is 23.6 Å². The molecule has 8 heteroatoms. The van der Waals surface area contributed by atoms with E-state index >= 15 is 0 Å². The first-order valence-corrected chi connectivity index (χ1v) is 6.38. The van der Waals surface area contributed by atoms with E-state index in [1.807, 2.05) is 0 Å². The molecule has 0 saturated heterocycles. The summed E-state index contributed by atoms with van der Waals surface area (Å²) in [6.07, 6.45) is 1.39. The van der Waals surface area contributed by atoms with Crippen LogP contribution in [0.3, 0.4) is 0 Å². The fourth-order valence-electron chi connectivity index (χ4n) is 1.56. The molecule has 1 atom stereocenters. The molecule has 1 aromatic heterocycles. The van der Waals surface area contributed by atoms with Crippen molar-refractivity contribution in [2.24, 2.45) is 0 Å². The number of aromatic nitrogens is 2. The maximum atomic E-state index is 11.8. The molecule has 0 saturated carbocycles. The Labute approximate surface area is 118 Å². The van der Waals surface area contributed by atoms with Gasteiger partial charge in [0.25, 0.3) is 5.91 Å². The highest BCUT2D eigenvalue weighted by Crippen LogP contribution is 2.11. The number of nitrogens with zero attached hydrogens (tertiary/aromatic N) is 2. The van der Waals surface area contributed by atoms with Crippen LogP contribution in [-0.2, 0) is 11.2 Å². The zero-order valence-corrected chi connectivity index (χ0v) is 11.0. The van der Waals surface area contributed by atoms with Crippen LogP contribution in [0.5, 0.6) is 5.75 Å². The van der Waals surface area contributed by atoms with E-state index in [1.165, 1.54) is 18.3 Å². The summed E-state index contributed by atoms with van der Waals surface area (Å²) in [5.74, 6) is -1.63. The molecule has 1 amide bonds. The molecule has 20 heavy (non-hydrogen) atoms. The second kappa shape index (κ2) is 6.11. The summed E-state index contributed by atoms with van der Waals surface area (Å²) in [5.41, 5.74) is 0.777. The zero-order chi connectivity index (χ0) is 14.5. The maximum absolute atomic E-state index is 11.8. The largest absolute Gasteiger partial charge is 0.508 e. The van der Waals surface area contributed by atoms with Crippen LogP contribution in [0.25, 0.3) is 0 Å². The van der Waals surface area contributed by atoms with E-state index in [0.717, 1.165) is 11.7 Å². The smallest absolute Gasteiger partial charge is 0.326 e. The number of rotatable bonds is 5. The fraction of sp³-hybridized carbons (Fsp3) is 0.167. The summed E-state index contributed by atoms with van der Waals surface area (Å²) in [4.78, 5) is 22.9. The number of carboxylic acids is 1. The predicted octanol–water partition coefficient (Wildman–Crippen LogP) is 0.669. The van der Waals surface area contributed by atoms with E-state index in [2.05, 4.69) is 14.1 Å². The van der Waals surface area contributed by atoms with Crippen LogP contribution < -0.4 is 5.32 Å². The molecule has 0 spiro atoms. The molecule has 104 valence electrons. The summed E-state index contributed by atoms with van der Waals surface area (Å²) in [6, 6.07) is 5.04. The van der Waals surface area contributed by atoms with Crippen LogP contribution in [0.4, 0.5) is 0 Å². The molecule has 0 bridgehead atoms. The van der Waals surface area contributed by atoms with Crippen molar-refractivity contribution in [3.63, 3.8) is 0 Å². The summed E-state index contributed by atoms with van der Waals surface area (Å²) < 4.78 is 7.42. The number of carbonyl (C=O) groups is 2. The molecule has 7 nitrogen and oxygen atoms in total. The second-order valence-corrected chi connectivity index (χ2v) is 4.58. The lowest BCUT2D eigenvalue weighted by molar-refractivity contribution is -0.139. The van der Waals surface area contributed by atoms with Crippen molar-refractivity contribution in [3.8, 4) is 5.75 Å². The molecule has 0 aliphatic heterocycles. The number of phenols is 1. The minimum atomic E-state index is -1.14. The van der Waals surface area contributed by atoms with E-state index in [1.54, 1.807) is 12.1 Å². The van der Waals surface area contributed by atoms with Crippen LogP contribution in [0.15, 0.2) is 30.5 Å². The minimum Gasteiger partial charge on any atom is -0.508 e. The number of hydrogen-bond donors (Lipinski definition) is 3. The SMILES string of the molecule is O=C(NC(Cc1ccc(O)cc1)C(=O)O)c1cnsn1. The van der Waals surface area contributed by atoms with Gasteiger partial charge in [0.2, 0.25) is 0 Å². The molecule has 0 radical (unpaired) electrons. The van der Waals surface area contributed by atoms with Crippen LogP contribution in [-0.4, -0.2) is 36.9 Å². The van der Waals surface area contributed by atoms with E-state index < -0.39 is 17.9 Å². The molecule has 2 rings (SSSR count). The summed E-state index contributed by atoms with van der Waals surface area (Å²) in [7, 11) is 0. The van der Waals surface area contributed by atoms with Gasteiger partial charge in [-0.3, -0.25) is 4.79 Å². The first-order valence-electron chi connectivity index (χ1n) is 5.65. The van der Waals surface area contributed by atoms with Crippen LogP contribution in [0.1, 0.15) is 16.1 Å². The number of aromatic hydroxyl groups is 1. The Morgan fingerprint density at radius 1 is 1.30 bits per heavy atom. The first kappa shape index (κ1) is 13.9. The van der Waals surface area contributed by atoms with Gasteiger partial charge in [-0.15, -0.1) is 0 Å². The van der Waals surface area contributed by atoms with Crippen molar-refractivity contribution in [3.05, 3.63) is 41.7 Å². The Bertz CT molecular complexity index is 598. The fourth-order valence-corrected chi connectivity index (χ4v) is 1.98. The second-order valence-electron chi connectivity index (χ2n) is 4.03. The van der Waals surface area contributed by atoms with E-state index in [4.69, 9.17) is 5.11 Å². The first-order chi connectivity index (χ1) is 9.56. The number of carbonyl (C=O) groups excluding carboxylic acids is 1. The Morgan fingerprint density at radius 2 is 2.00 bits per heavy atom. The van der Waals surface area contributed by atoms with Gasteiger partial charge in [0, 0.05) is 6.42 Å². The third kappa shape index (κ3) is 3.51. The molecule has 1 aromatic carbocycles. The van der Waals surface area contributed by atoms with Crippen LogP contribution >= 0.6 is 11.7 Å². The van der Waals surface area contributed by atoms with Gasteiger partial charge in [-0.2, -0.15) is 8.75 Å². The Morgan fingerprint density at radius 3 is 2.55 bits per heavy atom. The molecular formula is C12H11N3O4S. The Balaban J connectivity index is 2.06. The van der Waals surface area contributed by atoms with Crippen molar-refractivity contribution in [2.75, 3.05) is 0 Å². The van der Waals surface area contributed by atoms with Gasteiger partial charge < -0.3 is 15.5 Å². The average molecular weight is 293 g/mol. The molecule has 0 fully saturated rings. The van der Waals surface area contributed by atoms with Gasteiger partial charge in [-0.05, 0) is 17.7 Å². The number of carboxylic acid groups (broad SMARTS) is 1. The third-order valence-electron chi connectivity index (χ3n) is 2.57. The molecule has 1 unspecified atom stereocenters. The highest BCUT2D eigenvalue weighted by molar-refractivity contribution is 6.99. The number of benzene rings is 1. The average Bonchev–Trinajstić information content (AvgIpc) is 2.94. The predicted molar refractivity (Wildman–Crippen MR) is 70.6 cm³/mol. The van der Waals surface area contributed by atoms with Gasteiger partial charge in [0.05, 0.1) is 17.9 Å². The number of hydrogen-bond acceptors (Lipinski definition) is 6. The van der Waals surface area contributed by atoms with Gasteiger partial charge >= 0.3 is 5.97 Å². The van der Waals surface area contributed by atoms with Gasteiger partial charge in [-0.1, -0.05) is 12.1 Å². The zero-order valence-electron chi connectivity index (χ0n) is 10.2. The van der Waals surface area contributed by atoms with E-state index in [0.29, 0.717) is 5.56 Å². The quantitative estimate of drug-likeness (QED) is 0.747. The standard InChI is InChI=1S/C12H11N3O4S/c16-8-3-1-7(2-4-8)5-9(12(18)19)14-11(17)10-6-13-20-15-10/h1-4,6,9,16H,5H2,(H,14,17)(H,18,19). The number of nitrogens with one attached hydrogen (secondary N) is 1. The maximum Gasteiger partial charge on any atom is 0.326 e. The van der Waals surface area contributed by atoms with Crippen LogP contribution in [0, 0.1) is 0 Å². The molecule has 0 aliphatic carbocycles. The van der Waals surface area contributed by atoms with Gasteiger partial charge in [0.1, 0.15) is 11.8 Å². The third-order valence-corrected chi connectivity index (χ3v) is 3.05. The number of amides is 1.